The number of fused-ring (bicyclic) bond motifs is 1. The summed E-state index contributed by atoms with van der Waals surface area (Å²) in [7, 11) is 1.78. The van der Waals surface area contributed by atoms with Gasteiger partial charge in [0.05, 0.1) is 23.6 Å². The van der Waals surface area contributed by atoms with Gasteiger partial charge in [-0.1, -0.05) is 18.2 Å². The van der Waals surface area contributed by atoms with E-state index in [1.54, 1.807) is 19.4 Å². The first kappa shape index (κ1) is 12.1. The zero-order chi connectivity index (χ0) is 13.9. The van der Waals surface area contributed by atoms with Crippen molar-refractivity contribution in [2.24, 2.45) is 0 Å². The van der Waals surface area contributed by atoms with Crippen molar-refractivity contribution in [2.45, 2.75) is 0 Å². The van der Waals surface area contributed by atoms with E-state index in [1.165, 1.54) is 0 Å². The topological polar surface area (TPSA) is 74.5 Å². The maximum Gasteiger partial charge on any atom is 0.150 e. The summed E-state index contributed by atoms with van der Waals surface area (Å²) < 4.78 is 0. The van der Waals surface area contributed by atoms with Crippen molar-refractivity contribution in [1.29, 1.82) is 5.26 Å². The molecule has 0 saturated heterocycles. The molecule has 0 unspecified atom stereocenters. The number of hydrogen-bond acceptors (Lipinski definition) is 5. The first-order chi connectivity index (χ1) is 9.81. The predicted octanol–water partition coefficient (Wildman–Crippen LogP) is 2.61. The van der Waals surface area contributed by atoms with Crippen LogP contribution in [0.15, 0.2) is 42.7 Å². The van der Waals surface area contributed by atoms with Crippen LogP contribution < -0.4 is 5.32 Å². The molecular weight excluding hydrogens is 250 g/mol. The molecule has 1 N–H and O–H groups in total. The lowest BCUT2D eigenvalue weighted by molar-refractivity contribution is 1.18. The molecule has 0 aliphatic rings. The highest BCUT2D eigenvalue weighted by Gasteiger charge is 2.10. The molecule has 1 aromatic carbocycles. The lowest BCUT2D eigenvalue weighted by Gasteiger charge is -2.06. The largest absolute Gasteiger partial charge is 0.372 e. The molecule has 0 aliphatic carbocycles. The van der Waals surface area contributed by atoms with Crippen LogP contribution in [0, 0.1) is 11.3 Å². The second-order valence-electron chi connectivity index (χ2n) is 4.23. The monoisotopic (exact) mass is 261 g/mol. The number of pyridine rings is 1. The number of para-hydroxylation sites is 1. The molecule has 0 saturated carbocycles. The quantitative estimate of drug-likeness (QED) is 0.767. The second-order valence-corrected chi connectivity index (χ2v) is 4.23. The first-order valence-corrected chi connectivity index (χ1v) is 6.12. The smallest absolute Gasteiger partial charge is 0.150 e. The van der Waals surface area contributed by atoms with Gasteiger partial charge in [-0.25, -0.2) is 9.97 Å². The van der Waals surface area contributed by atoms with E-state index in [4.69, 9.17) is 0 Å². The van der Waals surface area contributed by atoms with Crippen LogP contribution in [0.25, 0.3) is 22.2 Å². The van der Waals surface area contributed by atoms with Crippen LogP contribution in [0.2, 0.25) is 0 Å². The van der Waals surface area contributed by atoms with E-state index in [9.17, 15) is 5.26 Å². The Bertz CT molecular complexity index is 820. The van der Waals surface area contributed by atoms with Crippen LogP contribution >= 0.6 is 0 Å². The Morgan fingerprint density at radius 3 is 2.80 bits per heavy atom. The minimum Gasteiger partial charge on any atom is -0.372 e. The number of benzene rings is 1. The lowest BCUT2D eigenvalue weighted by Crippen LogP contribution is -1.97. The van der Waals surface area contributed by atoms with Crippen molar-refractivity contribution in [3.05, 3.63) is 48.4 Å². The Labute approximate surface area is 116 Å². The van der Waals surface area contributed by atoms with E-state index < -0.39 is 0 Å². The zero-order valence-electron chi connectivity index (χ0n) is 10.8. The molecule has 3 aromatic rings. The zero-order valence-corrected chi connectivity index (χ0v) is 10.8. The van der Waals surface area contributed by atoms with Gasteiger partial charge in [-0.3, -0.25) is 4.98 Å². The summed E-state index contributed by atoms with van der Waals surface area (Å²) in [6, 6.07) is 11.7. The number of anilines is 1. The van der Waals surface area contributed by atoms with Gasteiger partial charge in [-0.2, -0.15) is 5.26 Å². The number of rotatable bonds is 2. The van der Waals surface area contributed by atoms with Crippen LogP contribution in [-0.4, -0.2) is 22.0 Å². The third-order valence-electron chi connectivity index (χ3n) is 3.00. The van der Waals surface area contributed by atoms with Crippen LogP contribution in [0.1, 0.15) is 5.69 Å². The van der Waals surface area contributed by atoms with Gasteiger partial charge >= 0.3 is 0 Å². The van der Waals surface area contributed by atoms with E-state index in [1.807, 2.05) is 30.3 Å². The Morgan fingerprint density at radius 2 is 2.00 bits per heavy atom. The molecular formula is C15H11N5. The Balaban J connectivity index is 2.26. The fourth-order valence-corrected chi connectivity index (χ4v) is 2.01. The third kappa shape index (κ3) is 2.04. The molecule has 0 amide bonds. The van der Waals surface area contributed by atoms with Gasteiger partial charge in [0.15, 0.2) is 5.69 Å². The number of nitrogens with one attached hydrogen (secondary N) is 1. The number of nitrogens with zero attached hydrogens (tertiary/aromatic N) is 4. The highest BCUT2D eigenvalue weighted by Crippen LogP contribution is 2.25. The fourth-order valence-electron chi connectivity index (χ4n) is 2.01. The fraction of sp³-hybridized carbons (Fsp3) is 0.0667. The van der Waals surface area contributed by atoms with E-state index >= 15 is 0 Å². The summed E-state index contributed by atoms with van der Waals surface area (Å²) in [6.45, 7) is 0. The Hall–Kier alpha value is -3.00. The van der Waals surface area contributed by atoms with Crippen molar-refractivity contribution in [3.8, 4) is 17.3 Å². The molecule has 0 atom stereocenters. The van der Waals surface area contributed by atoms with Crippen LogP contribution in [0.3, 0.4) is 0 Å². The maximum atomic E-state index is 9.29. The van der Waals surface area contributed by atoms with Crippen LogP contribution in [0.5, 0.6) is 0 Å². The molecule has 0 radical (unpaired) electrons. The summed E-state index contributed by atoms with van der Waals surface area (Å²) >= 11 is 0. The summed E-state index contributed by atoms with van der Waals surface area (Å²) in [4.78, 5) is 12.9. The SMILES string of the molecule is CNc1cncc(-c2cc3ccccc3nc2C#N)n1. The second kappa shape index (κ2) is 4.94. The number of hydrogen-bond donors (Lipinski definition) is 1. The molecule has 0 spiro atoms. The molecule has 5 heteroatoms. The molecule has 20 heavy (non-hydrogen) atoms. The Morgan fingerprint density at radius 1 is 1.15 bits per heavy atom. The summed E-state index contributed by atoms with van der Waals surface area (Å²) in [6.07, 6.45) is 3.26. The Kier molecular flexibility index (Phi) is 2.98. The lowest BCUT2D eigenvalue weighted by atomic mass is 10.1. The molecule has 2 aromatic heterocycles. The van der Waals surface area contributed by atoms with E-state index in [2.05, 4.69) is 26.3 Å². The molecule has 3 rings (SSSR count). The molecule has 2 heterocycles. The summed E-state index contributed by atoms with van der Waals surface area (Å²) in [5, 5.41) is 13.2. The van der Waals surface area contributed by atoms with E-state index in [-0.39, 0.29) is 0 Å². The predicted molar refractivity (Wildman–Crippen MR) is 77.0 cm³/mol. The van der Waals surface area contributed by atoms with Gasteiger partial charge in [0.2, 0.25) is 0 Å². The molecule has 0 fully saturated rings. The summed E-state index contributed by atoms with van der Waals surface area (Å²) in [5.41, 5.74) is 2.47. The summed E-state index contributed by atoms with van der Waals surface area (Å²) in [5.74, 6) is 0.652. The van der Waals surface area contributed by atoms with Gasteiger partial charge in [-0.05, 0) is 12.1 Å². The van der Waals surface area contributed by atoms with Crippen molar-refractivity contribution in [1.82, 2.24) is 15.0 Å². The van der Waals surface area contributed by atoms with E-state index in [0.29, 0.717) is 22.8 Å². The number of nitriles is 1. The van der Waals surface area contributed by atoms with Gasteiger partial charge in [0.25, 0.3) is 0 Å². The van der Waals surface area contributed by atoms with Crippen LogP contribution in [-0.2, 0) is 0 Å². The first-order valence-electron chi connectivity index (χ1n) is 6.12. The average Bonchev–Trinajstić information content (AvgIpc) is 2.53. The number of aromatic nitrogens is 3. The highest BCUT2D eigenvalue weighted by atomic mass is 15.0. The maximum absolute atomic E-state index is 9.29. The van der Waals surface area contributed by atoms with Crippen molar-refractivity contribution in [3.63, 3.8) is 0 Å². The van der Waals surface area contributed by atoms with E-state index in [0.717, 1.165) is 10.9 Å². The van der Waals surface area contributed by atoms with Gasteiger partial charge in [-0.15, -0.1) is 0 Å². The third-order valence-corrected chi connectivity index (χ3v) is 3.00. The molecule has 96 valence electrons. The minimum absolute atomic E-state index is 0.353. The van der Waals surface area contributed by atoms with Crippen molar-refractivity contribution in [2.75, 3.05) is 12.4 Å². The minimum atomic E-state index is 0.353. The molecule has 0 bridgehead atoms. The van der Waals surface area contributed by atoms with Gasteiger partial charge in [0.1, 0.15) is 11.9 Å². The normalized spacial score (nSPS) is 10.2. The highest BCUT2D eigenvalue weighted by molar-refractivity contribution is 5.85. The van der Waals surface area contributed by atoms with Gasteiger partial charge < -0.3 is 5.32 Å². The molecule has 5 nitrogen and oxygen atoms in total. The van der Waals surface area contributed by atoms with Gasteiger partial charge in [0, 0.05) is 18.0 Å². The van der Waals surface area contributed by atoms with Crippen molar-refractivity contribution < 1.29 is 0 Å². The van der Waals surface area contributed by atoms with Crippen LogP contribution in [0.4, 0.5) is 5.82 Å². The van der Waals surface area contributed by atoms with Crippen molar-refractivity contribution >= 4 is 16.7 Å². The molecule has 0 aliphatic heterocycles. The average molecular weight is 261 g/mol. The standard InChI is InChI=1S/C15H11N5/c1-17-15-9-18-8-14(20-15)11-6-10-4-2-3-5-12(10)19-13(11)7-16/h2-6,8-9H,1H3,(H,17,20).